The van der Waals surface area contributed by atoms with Crippen LogP contribution in [0.2, 0.25) is 5.02 Å². The number of benzene rings is 3. The minimum atomic E-state index is -0.420. The van der Waals surface area contributed by atoms with Crippen molar-refractivity contribution in [2.45, 2.75) is 0 Å². The van der Waals surface area contributed by atoms with Gasteiger partial charge in [-0.3, -0.25) is 0 Å². The SMILES string of the molecule is N#Cc1ccc(Nc2c(F)cccc2Cl)c2ccccc12. The molecule has 3 aromatic rings. The van der Waals surface area contributed by atoms with Crippen LogP contribution in [0.25, 0.3) is 10.8 Å². The van der Waals surface area contributed by atoms with Crippen molar-refractivity contribution in [3.05, 3.63) is 71.0 Å². The highest BCUT2D eigenvalue weighted by molar-refractivity contribution is 6.33. The van der Waals surface area contributed by atoms with Gasteiger partial charge >= 0.3 is 0 Å². The summed E-state index contributed by atoms with van der Waals surface area (Å²) in [5, 5.41) is 14.1. The van der Waals surface area contributed by atoms with Crippen molar-refractivity contribution < 1.29 is 4.39 Å². The molecule has 0 unspecified atom stereocenters. The zero-order valence-electron chi connectivity index (χ0n) is 10.9. The quantitative estimate of drug-likeness (QED) is 0.701. The van der Waals surface area contributed by atoms with Gasteiger partial charge in [-0.25, -0.2) is 4.39 Å². The molecule has 0 bridgehead atoms. The first kappa shape index (κ1) is 13.4. The van der Waals surface area contributed by atoms with E-state index in [0.717, 1.165) is 10.8 Å². The molecule has 0 heterocycles. The molecule has 4 heteroatoms. The van der Waals surface area contributed by atoms with Gasteiger partial charge in [-0.1, -0.05) is 41.9 Å². The molecule has 0 atom stereocenters. The second kappa shape index (κ2) is 5.43. The van der Waals surface area contributed by atoms with Crippen molar-refractivity contribution in [1.29, 1.82) is 5.26 Å². The third-order valence-electron chi connectivity index (χ3n) is 3.27. The molecule has 0 aliphatic carbocycles. The minimum Gasteiger partial charge on any atom is -0.351 e. The Labute approximate surface area is 126 Å². The van der Waals surface area contributed by atoms with Gasteiger partial charge in [0.25, 0.3) is 0 Å². The zero-order chi connectivity index (χ0) is 14.8. The molecule has 0 saturated carbocycles. The molecule has 0 radical (unpaired) electrons. The van der Waals surface area contributed by atoms with Crippen LogP contribution in [0, 0.1) is 17.1 Å². The van der Waals surface area contributed by atoms with E-state index >= 15 is 0 Å². The molecular weight excluding hydrogens is 287 g/mol. The molecule has 21 heavy (non-hydrogen) atoms. The number of hydrogen-bond acceptors (Lipinski definition) is 2. The fourth-order valence-corrected chi connectivity index (χ4v) is 2.47. The third kappa shape index (κ3) is 2.42. The van der Waals surface area contributed by atoms with Gasteiger partial charge in [-0.15, -0.1) is 0 Å². The van der Waals surface area contributed by atoms with Crippen LogP contribution in [0.5, 0.6) is 0 Å². The van der Waals surface area contributed by atoms with E-state index in [4.69, 9.17) is 16.9 Å². The fraction of sp³-hybridized carbons (Fsp3) is 0. The van der Waals surface area contributed by atoms with Crippen molar-refractivity contribution in [3.8, 4) is 6.07 Å². The summed E-state index contributed by atoms with van der Waals surface area (Å²) < 4.78 is 13.9. The lowest BCUT2D eigenvalue weighted by Crippen LogP contribution is -1.96. The molecule has 0 spiro atoms. The maximum atomic E-state index is 13.9. The Morgan fingerprint density at radius 1 is 0.952 bits per heavy atom. The maximum Gasteiger partial charge on any atom is 0.148 e. The summed E-state index contributed by atoms with van der Waals surface area (Å²) in [6, 6.07) is 17.6. The molecular formula is C17H10ClFN2. The summed E-state index contributed by atoms with van der Waals surface area (Å²) in [5.74, 6) is -0.420. The van der Waals surface area contributed by atoms with Gasteiger partial charge in [-0.05, 0) is 24.3 Å². The van der Waals surface area contributed by atoms with Gasteiger partial charge in [0.15, 0.2) is 0 Å². The van der Waals surface area contributed by atoms with Crippen LogP contribution < -0.4 is 5.32 Å². The standard InChI is InChI=1S/C17H10ClFN2/c18-14-6-3-7-15(19)17(14)21-16-9-8-11(10-20)12-4-1-2-5-13(12)16/h1-9,21H. The third-order valence-corrected chi connectivity index (χ3v) is 3.58. The number of hydrogen-bond donors (Lipinski definition) is 1. The van der Waals surface area contributed by atoms with Crippen LogP contribution in [0.3, 0.4) is 0 Å². The second-order valence-corrected chi connectivity index (χ2v) is 4.95. The average Bonchev–Trinajstić information content (AvgIpc) is 2.51. The highest BCUT2D eigenvalue weighted by atomic mass is 35.5. The molecule has 3 rings (SSSR count). The van der Waals surface area contributed by atoms with Crippen molar-refractivity contribution in [1.82, 2.24) is 0 Å². The smallest absolute Gasteiger partial charge is 0.148 e. The molecule has 0 fully saturated rings. The Morgan fingerprint density at radius 2 is 1.71 bits per heavy atom. The number of halogens is 2. The molecule has 1 N–H and O–H groups in total. The van der Waals surface area contributed by atoms with Crippen LogP contribution in [-0.2, 0) is 0 Å². The highest BCUT2D eigenvalue weighted by Crippen LogP contribution is 2.32. The van der Waals surface area contributed by atoms with E-state index in [1.165, 1.54) is 6.07 Å². The Kier molecular flexibility index (Phi) is 3.47. The van der Waals surface area contributed by atoms with Crippen molar-refractivity contribution in [2.24, 2.45) is 0 Å². The fourth-order valence-electron chi connectivity index (χ4n) is 2.26. The van der Waals surface area contributed by atoms with E-state index in [9.17, 15) is 4.39 Å². The number of nitrogens with zero attached hydrogens (tertiary/aromatic N) is 1. The Balaban J connectivity index is 2.17. The van der Waals surface area contributed by atoms with Crippen molar-refractivity contribution >= 4 is 33.7 Å². The Morgan fingerprint density at radius 3 is 2.43 bits per heavy atom. The molecule has 3 aromatic carbocycles. The van der Waals surface area contributed by atoms with Crippen molar-refractivity contribution in [2.75, 3.05) is 5.32 Å². The summed E-state index contributed by atoms with van der Waals surface area (Å²) >= 11 is 6.03. The lowest BCUT2D eigenvalue weighted by Gasteiger charge is -2.12. The Hall–Kier alpha value is -2.57. The van der Waals surface area contributed by atoms with Gasteiger partial charge in [0, 0.05) is 16.5 Å². The largest absolute Gasteiger partial charge is 0.351 e. The highest BCUT2D eigenvalue weighted by Gasteiger charge is 2.10. The van der Waals surface area contributed by atoms with Gasteiger partial charge < -0.3 is 5.32 Å². The minimum absolute atomic E-state index is 0.231. The number of nitrogens with one attached hydrogen (secondary N) is 1. The molecule has 102 valence electrons. The van der Waals surface area contributed by atoms with Crippen LogP contribution in [0.15, 0.2) is 54.6 Å². The first-order valence-corrected chi connectivity index (χ1v) is 6.71. The normalized spacial score (nSPS) is 10.3. The van der Waals surface area contributed by atoms with Crippen LogP contribution in [-0.4, -0.2) is 0 Å². The predicted molar refractivity (Wildman–Crippen MR) is 83.4 cm³/mol. The van der Waals surface area contributed by atoms with Crippen molar-refractivity contribution in [3.63, 3.8) is 0 Å². The zero-order valence-corrected chi connectivity index (χ0v) is 11.7. The van der Waals surface area contributed by atoms with Gasteiger partial charge in [0.05, 0.1) is 22.3 Å². The topological polar surface area (TPSA) is 35.8 Å². The monoisotopic (exact) mass is 296 g/mol. The summed E-state index contributed by atoms with van der Waals surface area (Å²) in [4.78, 5) is 0. The van der Waals surface area contributed by atoms with Crippen LogP contribution >= 0.6 is 11.6 Å². The molecule has 0 saturated heterocycles. The van der Waals surface area contributed by atoms with E-state index in [1.807, 2.05) is 24.3 Å². The lowest BCUT2D eigenvalue weighted by molar-refractivity contribution is 0.632. The van der Waals surface area contributed by atoms with Gasteiger partial charge in [-0.2, -0.15) is 5.26 Å². The predicted octanol–water partition coefficient (Wildman–Crippen LogP) is 5.25. The van der Waals surface area contributed by atoms with E-state index in [1.54, 1.807) is 24.3 Å². The van der Waals surface area contributed by atoms with Gasteiger partial charge in [0.2, 0.25) is 0 Å². The van der Waals surface area contributed by atoms with Crippen LogP contribution in [0.1, 0.15) is 5.56 Å². The Bertz CT molecular complexity index is 848. The molecule has 0 amide bonds. The summed E-state index contributed by atoms with van der Waals surface area (Å²) in [6.45, 7) is 0. The average molecular weight is 297 g/mol. The molecule has 0 aliphatic heterocycles. The number of anilines is 2. The first-order valence-electron chi connectivity index (χ1n) is 6.33. The van der Waals surface area contributed by atoms with Crippen LogP contribution in [0.4, 0.5) is 15.8 Å². The summed E-state index contributed by atoms with van der Waals surface area (Å²) in [7, 11) is 0. The number of nitriles is 1. The summed E-state index contributed by atoms with van der Waals surface area (Å²) in [6.07, 6.45) is 0. The van der Waals surface area contributed by atoms with E-state index in [2.05, 4.69) is 11.4 Å². The van der Waals surface area contributed by atoms with E-state index in [-0.39, 0.29) is 5.69 Å². The van der Waals surface area contributed by atoms with E-state index in [0.29, 0.717) is 16.3 Å². The second-order valence-electron chi connectivity index (χ2n) is 4.54. The lowest BCUT2D eigenvalue weighted by atomic mass is 10.0. The van der Waals surface area contributed by atoms with Gasteiger partial charge in [0.1, 0.15) is 5.82 Å². The first-order chi connectivity index (χ1) is 10.2. The number of rotatable bonds is 2. The maximum absolute atomic E-state index is 13.9. The number of fused-ring (bicyclic) bond motifs is 1. The van der Waals surface area contributed by atoms with E-state index < -0.39 is 5.82 Å². The molecule has 0 aliphatic rings. The molecule has 0 aromatic heterocycles. The molecule has 2 nitrogen and oxygen atoms in total. The summed E-state index contributed by atoms with van der Waals surface area (Å²) in [5.41, 5.74) is 1.52. The number of para-hydroxylation sites is 1.